The van der Waals surface area contributed by atoms with Gasteiger partial charge in [0.2, 0.25) is 0 Å². The maximum absolute atomic E-state index is 14.1. The normalized spacial score (nSPS) is 15.0. The third-order valence-electron chi connectivity index (χ3n) is 4.69. The number of rotatable bonds is 5. The zero-order valence-electron chi connectivity index (χ0n) is 15.4. The molecule has 0 N–H and O–H groups in total. The molecule has 152 valence electrons. The minimum absolute atomic E-state index is 0.0739. The fourth-order valence-corrected chi connectivity index (χ4v) is 4.62. The van der Waals surface area contributed by atoms with Crippen molar-refractivity contribution < 1.29 is 18.3 Å². The summed E-state index contributed by atoms with van der Waals surface area (Å²) in [5, 5.41) is 0.350. The molecule has 2 heterocycles. The van der Waals surface area contributed by atoms with Crippen molar-refractivity contribution in [3.63, 3.8) is 0 Å². The van der Waals surface area contributed by atoms with Crippen molar-refractivity contribution in [2.24, 2.45) is 0 Å². The van der Waals surface area contributed by atoms with Gasteiger partial charge in [-0.1, -0.05) is 33.3 Å². The van der Waals surface area contributed by atoms with Crippen LogP contribution in [0.1, 0.15) is 10.4 Å². The van der Waals surface area contributed by atoms with E-state index in [2.05, 4.69) is 25.8 Å². The second kappa shape index (κ2) is 8.83. The summed E-state index contributed by atoms with van der Waals surface area (Å²) >= 11 is 4.49. The number of hydrogen-bond acceptors (Lipinski definition) is 5. The molecule has 0 unspecified atom stereocenters. The molecule has 1 amide bonds. The van der Waals surface area contributed by atoms with Crippen LogP contribution in [0.15, 0.2) is 40.9 Å². The van der Waals surface area contributed by atoms with Crippen molar-refractivity contribution in [2.45, 2.75) is 0 Å². The molecule has 9 heteroatoms. The molecule has 0 spiro atoms. The summed E-state index contributed by atoms with van der Waals surface area (Å²) in [5.41, 5.74) is 0.567. The third-order valence-corrected chi connectivity index (χ3v) is 6.21. The van der Waals surface area contributed by atoms with E-state index < -0.39 is 11.6 Å². The predicted octanol–water partition coefficient (Wildman–Crippen LogP) is 4.32. The Morgan fingerprint density at radius 3 is 2.79 bits per heavy atom. The Bertz CT molecular complexity index is 1040. The Hall–Kier alpha value is -1.94. The van der Waals surface area contributed by atoms with Gasteiger partial charge in [0.05, 0.1) is 17.9 Å². The quantitative estimate of drug-likeness (QED) is 0.544. The first-order valence-electron chi connectivity index (χ1n) is 9.14. The first-order valence-corrected chi connectivity index (χ1v) is 10.8. The molecular weight excluding hydrogens is 464 g/mol. The van der Waals surface area contributed by atoms with Gasteiger partial charge in [0.25, 0.3) is 5.91 Å². The molecule has 0 radical (unpaired) electrons. The Morgan fingerprint density at radius 1 is 1.24 bits per heavy atom. The number of anilines is 1. The summed E-state index contributed by atoms with van der Waals surface area (Å²) in [5.74, 6) is -1.63. The van der Waals surface area contributed by atoms with Gasteiger partial charge in [0, 0.05) is 42.3 Å². The first-order chi connectivity index (χ1) is 14.0. The Morgan fingerprint density at radius 2 is 2.03 bits per heavy atom. The molecular formula is C20H18BrF2N3O2S. The maximum Gasteiger partial charge on any atom is 0.260 e. The van der Waals surface area contributed by atoms with Crippen LogP contribution in [0.2, 0.25) is 0 Å². The number of thiazole rings is 1. The number of aromatic nitrogens is 1. The summed E-state index contributed by atoms with van der Waals surface area (Å²) in [6, 6.07) is 9.12. The zero-order valence-corrected chi connectivity index (χ0v) is 17.8. The first kappa shape index (κ1) is 20.3. The summed E-state index contributed by atoms with van der Waals surface area (Å²) in [7, 11) is 0. The van der Waals surface area contributed by atoms with Crippen LogP contribution in [0, 0.1) is 11.6 Å². The van der Waals surface area contributed by atoms with Gasteiger partial charge >= 0.3 is 0 Å². The highest BCUT2D eigenvalue weighted by molar-refractivity contribution is 9.10. The average molecular weight is 482 g/mol. The maximum atomic E-state index is 14.1. The van der Waals surface area contributed by atoms with Gasteiger partial charge < -0.3 is 4.74 Å². The molecule has 0 saturated carbocycles. The van der Waals surface area contributed by atoms with E-state index in [1.165, 1.54) is 6.07 Å². The molecule has 1 aliphatic rings. The number of halogens is 3. The van der Waals surface area contributed by atoms with Crippen LogP contribution in [-0.4, -0.2) is 55.2 Å². The Kier molecular flexibility index (Phi) is 6.19. The number of carbonyl (C=O) groups is 1. The number of carbonyl (C=O) groups excluding carboxylic acids is 1. The van der Waals surface area contributed by atoms with Crippen LogP contribution >= 0.6 is 27.3 Å². The van der Waals surface area contributed by atoms with Gasteiger partial charge in [0.15, 0.2) is 10.9 Å². The number of amides is 1. The number of benzene rings is 2. The van der Waals surface area contributed by atoms with E-state index in [4.69, 9.17) is 4.74 Å². The van der Waals surface area contributed by atoms with E-state index >= 15 is 0 Å². The summed E-state index contributed by atoms with van der Waals surface area (Å²) in [6.45, 7) is 3.92. The molecule has 1 saturated heterocycles. The van der Waals surface area contributed by atoms with Gasteiger partial charge in [0.1, 0.15) is 11.3 Å². The molecule has 0 aliphatic carbocycles. The molecule has 0 bridgehead atoms. The van der Waals surface area contributed by atoms with Gasteiger partial charge in [-0.05, 0) is 24.3 Å². The van der Waals surface area contributed by atoms with E-state index in [0.29, 0.717) is 41.7 Å². The lowest BCUT2D eigenvalue weighted by molar-refractivity contribution is 0.0391. The SMILES string of the molecule is O=C(c1cccc(Br)c1)N(CCN1CCOCC1)c1nc2c(F)cc(F)cc2s1. The smallest absolute Gasteiger partial charge is 0.260 e. The lowest BCUT2D eigenvalue weighted by Crippen LogP contribution is -2.43. The average Bonchev–Trinajstić information content (AvgIpc) is 3.13. The molecule has 1 aliphatic heterocycles. The van der Waals surface area contributed by atoms with Crippen molar-refractivity contribution in [1.29, 1.82) is 0 Å². The van der Waals surface area contributed by atoms with Crippen LogP contribution in [0.3, 0.4) is 0 Å². The predicted molar refractivity (Wildman–Crippen MR) is 113 cm³/mol. The topological polar surface area (TPSA) is 45.7 Å². The van der Waals surface area contributed by atoms with Crippen molar-refractivity contribution in [3.05, 3.63) is 58.1 Å². The second-order valence-electron chi connectivity index (χ2n) is 6.65. The van der Waals surface area contributed by atoms with Crippen molar-refractivity contribution >= 4 is 48.5 Å². The highest BCUT2D eigenvalue weighted by Gasteiger charge is 2.24. The second-order valence-corrected chi connectivity index (χ2v) is 8.58. The number of fused-ring (bicyclic) bond motifs is 1. The molecule has 5 nitrogen and oxygen atoms in total. The lowest BCUT2D eigenvalue weighted by atomic mass is 10.2. The largest absolute Gasteiger partial charge is 0.379 e. The molecule has 4 rings (SSSR count). The van der Waals surface area contributed by atoms with Crippen molar-refractivity contribution in [3.8, 4) is 0 Å². The zero-order chi connectivity index (χ0) is 20.4. The summed E-state index contributed by atoms with van der Waals surface area (Å²) < 4.78 is 34.3. The molecule has 29 heavy (non-hydrogen) atoms. The monoisotopic (exact) mass is 481 g/mol. The molecule has 1 fully saturated rings. The molecule has 3 aromatic rings. The van der Waals surface area contributed by atoms with Crippen LogP contribution in [0.4, 0.5) is 13.9 Å². The number of ether oxygens (including phenoxy) is 1. The number of nitrogens with zero attached hydrogens (tertiary/aromatic N) is 3. The Balaban J connectivity index is 1.67. The lowest BCUT2D eigenvalue weighted by Gasteiger charge is -2.29. The van der Waals surface area contributed by atoms with Crippen LogP contribution in [0.25, 0.3) is 10.2 Å². The van der Waals surface area contributed by atoms with Gasteiger partial charge in [-0.2, -0.15) is 0 Å². The van der Waals surface area contributed by atoms with Crippen LogP contribution in [-0.2, 0) is 4.74 Å². The van der Waals surface area contributed by atoms with E-state index in [-0.39, 0.29) is 11.4 Å². The number of hydrogen-bond donors (Lipinski definition) is 0. The number of morpholine rings is 1. The minimum atomic E-state index is -0.731. The van der Waals surface area contributed by atoms with Gasteiger partial charge in [-0.25, -0.2) is 13.8 Å². The van der Waals surface area contributed by atoms with Crippen LogP contribution < -0.4 is 4.90 Å². The van der Waals surface area contributed by atoms with E-state index in [1.54, 1.807) is 23.1 Å². The fraction of sp³-hybridized carbons (Fsp3) is 0.300. The molecule has 1 aromatic heterocycles. The molecule has 0 atom stereocenters. The van der Waals surface area contributed by atoms with Crippen molar-refractivity contribution in [2.75, 3.05) is 44.3 Å². The van der Waals surface area contributed by atoms with Gasteiger partial charge in [-0.15, -0.1) is 0 Å². The highest BCUT2D eigenvalue weighted by Crippen LogP contribution is 2.32. The van der Waals surface area contributed by atoms with E-state index in [9.17, 15) is 13.6 Å². The summed E-state index contributed by atoms with van der Waals surface area (Å²) in [4.78, 5) is 21.3. The minimum Gasteiger partial charge on any atom is -0.379 e. The highest BCUT2D eigenvalue weighted by atomic mass is 79.9. The van der Waals surface area contributed by atoms with Gasteiger partial charge in [-0.3, -0.25) is 14.6 Å². The third kappa shape index (κ3) is 4.63. The molecule has 2 aromatic carbocycles. The van der Waals surface area contributed by atoms with Crippen LogP contribution in [0.5, 0.6) is 0 Å². The standard InChI is InChI=1S/C20H18BrF2N3O2S/c21-14-3-1-2-13(10-14)19(27)26(5-4-25-6-8-28-9-7-25)20-24-18-16(23)11-15(22)12-17(18)29-20/h1-3,10-12H,4-9H2. The van der Waals surface area contributed by atoms with E-state index in [0.717, 1.165) is 35.0 Å². The fourth-order valence-electron chi connectivity index (χ4n) is 3.19. The van der Waals surface area contributed by atoms with Crippen molar-refractivity contribution in [1.82, 2.24) is 9.88 Å². The van der Waals surface area contributed by atoms with E-state index in [1.807, 2.05) is 6.07 Å². The Labute approximate surface area is 179 Å². The summed E-state index contributed by atoms with van der Waals surface area (Å²) in [6.07, 6.45) is 0.